The minimum absolute atomic E-state index is 0.430. The van der Waals surface area contributed by atoms with E-state index in [-0.39, 0.29) is 0 Å². The van der Waals surface area contributed by atoms with Gasteiger partial charge in [0.05, 0.1) is 6.10 Å². The summed E-state index contributed by atoms with van der Waals surface area (Å²) in [5.74, 6) is 0.935. The van der Waals surface area contributed by atoms with Crippen LogP contribution in [0.1, 0.15) is 32.4 Å². The van der Waals surface area contributed by atoms with Crippen LogP contribution in [0.4, 0.5) is 5.82 Å². The molecule has 0 aliphatic heterocycles. The number of pyridine rings is 1. The summed E-state index contributed by atoms with van der Waals surface area (Å²) in [6.45, 7) is 5.97. The maximum atomic E-state index is 9.31. The van der Waals surface area contributed by atoms with E-state index in [2.05, 4.69) is 23.7 Å². The molecule has 1 heterocycles. The summed E-state index contributed by atoms with van der Waals surface area (Å²) in [6.07, 6.45) is 1.28. The summed E-state index contributed by atoms with van der Waals surface area (Å²) >= 11 is 0. The van der Waals surface area contributed by atoms with Crippen LogP contribution in [-0.4, -0.2) is 23.2 Å². The third kappa shape index (κ3) is 2.45. The molecule has 1 aromatic heterocycles. The minimum Gasteiger partial charge on any atom is -0.389 e. The van der Waals surface area contributed by atoms with Gasteiger partial charge in [0.15, 0.2) is 0 Å². The van der Waals surface area contributed by atoms with Crippen LogP contribution in [0.25, 0.3) is 0 Å². The Kier molecular flexibility index (Phi) is 3.47. The van der Waals surface area contributed by atoms with Crippen molar-refractivity contribution in [2.24, 2.45) is 0 Å². The molecule has 0 spiro atoms. The third-order valence-electron chi connectivity index (χ3n) is 2.39. The molecule has 0 fully saturated rings. The van der Waals surface area contributed by atoms with E-state index in [1.165, 1.54) is 0 Å². The van der Waals surface area contributed by atoms with Gasteiger partial charge in [-0.1, -0.05) is 6.07 Å². The largest absolute Gasteiger partial charge is 0.389 e. The zero-order valence-corrected chi connectivity index (χ0v) is 9.23. The van der Waals surface area contributed by atoms with E-state index >= 15 is 0 Å². The molecule has 78 valence electrons. The summed E-state index contributed by atoms with van der Waals surface area (Å²) in [6, 6.07) is 4.27. The summed E-state index contributed by atoms with van der Waals surface area (Å²) < 4.78 is 0. The highest BCUT2D eigenvalue weighted by Gasteiger charge is 2.07. The number of anilines is 1. The predicted octanol–water partition coefficient (Wildman–Crippen LogP) is 1.98. The normalized spacial score (nSPS) is 13.0. The summed E-state index contributed by atoms with van der Waals surface area (Å²) in [5, 5.41) is 9.31. The van der Waals surface area contributed by atoms with Gasteiger partial charge in [-0.3, -0.25) is 0 Å². The lowest BCUT2D eigenvalue weighted by molar-refractivity contribution is 0.199. The highest BCUT2D eigenvalue weighted by atomic mass is 16.3. The van der Waals surface area contributed by atoms with Gasteiger partial charge in [0.2, 0.25) is 0 Å². The van der Waals surface area contributed by atoms with Crippen molar-refractivity contribution in [3.05, 3.63) is 23.9 Å². The first-order valence-corrected chi connectivity index (χ1v) is 4.89. The quantitative estimate of drug-likeness (QED) is 0.799. The number of aliphatic hydroxyl groups excluding tert-OH is 1. The van der Waals surface area contributed by atoms with Crippen LogP contribution in [0.2, 0.25) is 0 Å². The molecule has 0 aromatic carbocycles. The monoisotopic (exact) mass is 194 g/mol. The Hall–Kier alpha value is -1.09. The molecule has 0 radical (unpaired) electrons. The molecule has 3 nitrogen and oxygen atoms in total. The number of hydrogen-bond acceptors (Lipinski definition) is 3. The first-order chi connectivity index (χ1) is 6.52. The zero-order chi connectivity index (χ0) is 10.7. The SMILES string of the molecule is CC(C)N(C)c1ccc([C@H](C)O)cn1. The van der Waals surface area contributed by atoms with Crippen molar-refractivity contribution >= 4 is 5.82 Å². The van der Waals surface area contributed by atoms with Crippen molar-refractivity contribution in [2.75, 3.05) is 11.9 Å². The van der Waals surface area contributed by atoms with Gasteiger partial charge in [-0.25, -0.2) is 4.98 Å². The Bertz CT molecular complexity index is 280. The Morgan fingerprint density at radius 3 is 2.29 bits per heavy atom. The van der Waals surface area contributed by atoms with Gasteiger partial charge in [-0.2, -0.15) is 0 Å². The second-order valence-corrected chi connectivity index (χ2v) is 3.83. The van der Waals surface area contributed by atoms with Crippen molar-refractivity contribution in [1.82, 2.24) is 4.98 Å². The average Bonchev–Trinajstić information content (AvgIpc) is 2.16. The summed E-state index contributed by atoms with van der Waals surface area (Å²) in [4.78, 5) is 6.38. The molecular formula is C11H18N2O. The van der Waals surface area contributed by atoms with Crippen LogP contribution in [-0.2, 0) is 0 Å². The number of aromatic nitrogens is 1. The minimum atomic E-state index is -0.444. The Morgan fingerprint density at radius 1 is 1.29 bits per heavy atom. The fourth-order valence-corrected chi connectivity index (χ4v) is 1.12. The summed E-state index contributed by atoms with van der Waals surface area (Å²) in [5.41, 5.74) is 0.853. The van der Waals surface area contributed by atoms with Crippen molar-refractivity contribution in [1.29, 1.82) is 0 Å². The lowest BCUT2D eigenvalue weighted by atomic mass is 10.2. The number of hydrogen-bond donors (Lipinski definition) is 1. The Morgan fingerprint density at radius 2 is 1.93 bits per heavy atom. The summed E-state index contributed by atoms with van der Waals surface area (Å²) in [7, 11) is 2.01. The molecule has 1 N–H and O–H groups in total. The number of rotatable bonds is 3. The third-order valence-corrected chi connectivity index (χ3v) is 2.39. The fourth-order valence-electron chi connectivity index (χ4n) is 1.12. The number of nitrogens with zero attached hydrogens (tertiary/aromatic N) is 2. The molecule has 1 rings (SSSR count). The average molecular weight is 194 g/mol. The van der Waals surface area contributed by atoms with Crippen molar-refractivity contribution < 1.29 is 5.11 Å². The second-order valence-electron chi connectivity index (χ2n) is 3.83. The maximum absolute atomic E-state index is 9.31. The van der Waals surface area contributed by atoms with Gasteiger partial charge in [-0.15, -0.1) is 0 Å². The predicted molar refractivity (Wildman–Crippen MR) is 58.4 cm³/mol. The second kappa shape index (κ2) is 4.42. The molecule has 0 bridgehead atoms. The Balaban J connectivity index is 2.83. The van der Waals surface area contributed by atoms with Crippen molar-refractivity contribution in [2.45, 2.75) is 32.9 Å². The molecule has 0 saturated carbocycles. The first kappa shape index (κ1) is 11.0. The van der Waals surface area contributed by atoms with E-state index in [0.29, 0.717) is 6.04 Å². The molecule has 0 aliphatic rings. The van der Waals surface area contributed by atoms with Gasteiger partial charge < -0.3 is 10.0 Å². The molecule has 1 atom stereocenters. The molecule has 0 saturated heterocycles. The zero-order valence-electron chi connectivity index (χ0n) is 9.23. The molecule has 14 heavy (non-hydrogen) atoms. The molecule has 0 aliphatic carbocycles. The molecular weight excluding hydrogens is 176 g/mol. The highest BCUT2D eigenvalue weighted by molar-refractivity contribution is 5.39. The van der Waals surface area contributed by atoms with Gasteiger partial charge in [-0.05, 0) is 32.4 Å². The van der Waals surface area contributed by atoms with Gasteiger partial charge >= 0.3 is 0 Å². The fraction of sp³-hybridized carbons (Fsp3) is 0.545. The molecule has 0 amide bonds. The van der Waals surface area contributed by atoms with Gasteiger partial charge in [0.1, 0.15) is 5.82 Å². The number of aliphatic hydroxyl groups is 1. The van der Waals surface area contributed by atoms with Gasteiger partial charge in [0.25, 0.3) is 0 Å². The van der Waals surface area contributed by atoms with E-state index in [1.54, 1.807) is 13.1 Å². The molecule has 1 aromatic rings. The topological polar surface area (TPSA) is 36.4 Å². The van der Waals surface area contributed by atoms with Crippen LogP contribution < -0.4 is 4.90 Å². The van der Waals surface area contributed by atoms with E-state index in [9.17, 15) is 5.11 Å². The molecule has 0 unspecified atom stereocenters. The lowest BCUT2D eigenvalue weighted by Gasteiger charge is -2.22. The van der Waals surface area contributed by atoms with Crippen molar-refractivity contribution in [3.8, 4) is 0 Å². The van der Waals surface area contributed by atoms with Crippen LogP contribution in [0.15, 0.2) is 18.3 Å². The van der Waals surface area contributed by atoms with E-state index in [1.807, 2.05) is 19.2 Å². The van der Waals surface area contributed by atoms with Crippen LogP contribution in [0.5, 0.6) is 0 Å². The maximum Gasteiger partial charge on any atom is 0.128 e. The smallest absolute Gasteiger partial charge is 0.128 e. The van der Waals surface area contributed by atoms with Crippen molar-refractivity contribution in [3.63, 3.8) is 0 Å². The lowest BCUT2D eigenvalue weighted by Crippen LogP contribution is -2.26. The Labute approximate surface area is 85.4 Å². The van der Waals surface area contributed by atoms with Crippen LogP contribution >= 0.6 is 0 Å². The highest BCUT2D eigenvalue weighted by Crippen LogP contribution is 2.15. The van der Waals surface area contributed by atoms with Gasteiger partial charge in [0, 0.05) is 19.3 Å². The molecule has 3 heteroatoms. The van der Waals surface area contributed by atoms with E-state index in [0.717, 1.165) is 11.4 Å². The van der Waals surface area contributed by atoms with E-state index < -0.39 is 6.10 Å². The van der Waals surface area contributed by atoms with Crippen LogP contribution in [0, 0.1) is 0 Å². The standard InChI is InChI=1S/C11H18N2O/c1-8(2)13(4)11-6-5-10(7-12-11)9(3)14/h5-9,14H,1-4H3/t9-/m0/s1. The first-order valence-electron chi connectivity index (χ1n) is 4.89. The van der Waals surface area contributed by atoms with Crippen LogP contribution in [0.3, 0.4) is 0 Å². The van der Waals surface area contributed by atoms with E-state index in [4.69, 9.17) is 0 Å².